The van der Waals surface area contributed by atoms with E-state index in [1.807, 2.05) is 12.1 Å². The number of morpholine rings is 1. The lowest BCUT2D eigenvalue weighted by atomic mass is 10.0. The van der Waals surface area contributed by atoms with E-state index in [-0.39, 0.29) is 11.7 Å². The maximum Gasteiger partial charge on any atom is 0.118 e. The van der Waals surface area contributed by atoms with Gasteiger partial charge in [0.1, 0.15) is 5.75 Å². The molecular formula is C15H22ClNO2. The van der Waals surface area contributed by atoms with Crippen LogP contribution in [0, 0.1) is 0 Å². The minimum atomic E-state index is -0.135. The third-order valence-corrected chi connectivity index (χ3v) is 3.63. The molecule has 0 amide bonds. The molecule has 4 heteroatoms. The maximum atomic E-state index is 5.95. The van der Waals surface area contributed by atoms with Crippen molar-refractivity contribution < 1.29 is 9.47 Å². The van der Waals surface area contributed by atoms with Crippen molar-refractivity contribution in [1.82, 2.24) is 4.90 Å². The van der Waals surface area contributed by atoms with Gasteiger partial charge in [0, 0.05) is 25.5 Å². The van der Waals surface area contributed by atoms with Gasteiger partial charge in [0.25, 0.3) is 0 Å². The van der Waals surface area contributed by atoms with Gasteiger partial charge in [-0.25, -0.2) is 0 Å². The summed E-state index contributed by atoms with van der Waals surface area (Å²) in [6.45, 7) is 6.97. The van der Waals surface area contributed by atoms with E-state index in [1.54, 1.807) is 7.11 Å². The van der Waals surface area contributed by atoms with E-state index in [0.717, 1.165) is 25.4 Å². The van der Waals surface area contributed by atoms with Crippen LogP contribution in [0.3, 0.4) is 0 Å². The van der Waals surface area contributed by atoms with Gasteiger partial charge in [0.05, 0.1) is 18.8 Å². The minimum absolute atomic E-state index is 0.115. The number of ether oxygens (including phenoxy) is 2. The van der Waals surface area contributed by atoms with Crippen molar-refractivity contribution in [3.05, 3.63) is 29.8 Å². The van der Waals surface area contributed by atoms with E-state index in [1.165, 1.54) is 5.56 Å². The summed E-state index contributed by atoms with van der Waals surface area (Å²) in [5.41, 5.74) is 1.15. The number of rotatable bonds is 4. The van der Waals surface area contributed by atoms with Crippen LogP contribution in [0.15, 0.2) is 24.3 Å². The molecule has 0 spiro atoms. The summed E-state index contributed by atoms with van der Waals surface area (Å²) in [6.07, 6.45) is 0.115. The molecule has 1 aliphatic heterocycles. The number of alkyl halides is 1. The molecule has 1 saturated heterocycles. The van der Waals surface area contributed by atoms with E-state index in [0.29, 0.717) is 5.88 Å². The Kier molecular flexibility index (Phi) is 4.71. The molecule has 2 rings (SSSR count). The predicted octanol–water partition coefficient (Wildman–Crippen LogP) is 2.91. The van der Waals surface area contributed by atoms with Gasteiger partial charge in [-0.1, -0.05) is 12.1 Å². The second kappa shape index (κ2) is 6.12. The Bertz CT molecular complexity index is 405. The second-order valence-electron chi connectivity index (χ2n) is 5.67. The van der Waals surface area contributed by atoms with Gasteiger partial charge < -0.3 is 9.47 Å². The van der Waals surface area contributed by atoms with Gasteiger partial charge in [-0.15, -0.1) is 11.6 Å². The molecule has 0 aliphatic carbocycles. The SMILES string of the molecule is COc1ccc(CN2CC(CCl)OC(C)(C)C2)cc1. The topological polar surface area (TPSA) is 21.7 Å². The first kappa shape index (κ1) is 14.6. The van der Waals surface area contributed by atoms with E-state index in [2.05, 4.69) is 30.9 Å². The molecule has 0 aromatic heterocycles. The molecule has 1 atom stereocenters. The molecule has 1 heterocycles. The average Bonchev–Trinajstić information content (AvgIpc) is 2.37. The lowest BCUT2D eigenvalue weighted by Gasteiger charge is -2.42. The molecule has 3 nitrogen and oxygen atoms in total. The van der Waals surface area contributed by atoms with Gasteiger partial charge in [-0.2, -0.15) is 0 Å². The Morgan fingerprint density at radius 3 is 2.63 bits per heavy atom. The second-order valence-corrected chi connectivity index (χ2v) is 5.98. The molecule has 0 N–H and O–H groups in total. The summed E-state index contributed by atoms with van der Waals surface area (Å²) in [4.78, 5) is 2.40. The van der Waals surface area contributed by atoms with Gasteiger partial charge in [0.2, 0.25) is 0 Å². The lowest BCUT2D eigenvalue weighted by molar-refractivity contribution is -0.129. The molecule has 0 saturated carbocycles. The van der Waals surface area contributed by atoms with Crippen molar-refractivity contribution in [2.75, 3.05) is 26.1 Å². The zero-order valence-electron chi connectivity index (χ0n) is 11.9. The molecule has 0 radical (unpaired) electrons. The number of halogens is 1. The molecule has 1 aromatic rings. The largest absolute Gasteiger partial charge is 0.497 e. The normalized spacial score (nSPS) is 23.3. The first-order valence-corrected chi connectivity index (χ1v) is 7.15. The van der Waals surface area contributed by atoms with Crippen molar-refractivity contribution in [2.24, 2.45) is 0 Å². The van der Waals surface area contributed by atoms with Crippen LogP contribution in [0.4, 0.5) is 0 Å². The van der Waals surface area contributed by atoms with Crippen molar-refractivity contribution in [3.63, 3.8) is 0 Å². The highest BCUT2D eigenvalue weighted by Crippen LogP contribution is 2.23. The number of nitrogens with zero attached hydrogens (tertiary/aromatic N) is 1. The molecule has 1 aromatic carbocycles. The van der Waals surface area contributed by atoms with E-state index < -0.39 is 0 Å². The zero-order chi connectivity index (χ0) is 13.9. The highest BCUT2D eigenvalue weighted by Gasteiger charge is 2.32. The molecule has 106 valence electrons. The first-order valence-electron chi connectivity index (χ1n) is 6.61. The monoisotopic (exact) mass is 283 g/mol. The van der Waals surface area contributed by atoms with Gasteiger partial charge >= 0.3 is 0 Å². The Morgan fingerprint density at radius 1 is 1.37 bits per heavy atom. The summed E-state index contributed by atoms with van der Waals surface area (Å²) >= 11 is 5.95. The zero-order valence-corrected chi connectivity index (χ0v) is 12.6. The first-order chi connectivity index (χ1) is 9.02. The Hall–Kier alpha value is -0.770. The van der Waals surface area contributed by atoms with Crippen LogP contribution in [0.25, 0.3) is 0 Å². The minimum Gasteiger partial charge on any atom is -0.497 e. The Morgan fingerprint density at radius 2 is 2.05 bits per heavy atom. The average molecular weight is 284 g/mol. The van der Waals surface area contributed by atoms with Gasteiger partial charge in [-0.3, -0.25) is 4.90 Å². The summed E-state index contributed by atoms with van der Waals surface area (Å²) < 4.78 is 11.1. The standard InChI is InChI=1S/C15H22ClNO2/c1-15(2)11-17(10-14(8-16)19-15)9-12-4-6-13(18-3)7-5-12/h4-7,14H,8-11H2,1-3H3. The van der Waals surface area contributed by atoms with Crippen molar-refractivity contribution >= 4 is 11.6 Å². The van der Waals surface area contributed by atoms with Crippen molar-refractivity contribution in [1.29, 1.82) is 0 Å². The van der Waals surface area contributed by atoms with Crippen LogP contribution in [0.2, 0.25) is 0 Å². The molecule has 1 unspecified atom stereocenters. The lowest BCUT2D eigenvalue weighted by Crippen LogP contribution is -2.52. The van der Waals surface area contributed by atoms with Crippen molar-refractivity contribution in [2.45, 2.75) is 32.1 Å². The smallest absolute Gasteiger partial charge is 0.118 e. The van der Waals surface area contributed by atoms with Crippen LogP contribution in [-0.4, -0.2) is 42.7 Å². The molecular weight excluding hydrogens is 262 g/mol. The van der Waals surface area contributed by atoms with Gasteiger partial charge in [-0.05, 0) is 31.5 Å². The fourth-order valence-corrected chi connectivity index (χ4v) is 2.77. The summed E-state index contributed by atoms with van der Waals surface area (Å²) in [7, 11) is 1.69. The quantitative estimate of drug-likeness (QED) is 0.793. The highest BCUT2D eigenvalue weighted by molar-refractivity contribution is 6.18. The fraction of sp³-hybridized carbons (Fsp3) is 0.600. The molecule has 1 fully saturated rings. The number of benzene rings is 1. The summed E-state index contributed by atoms with van der Waals surface area (Å²) in [5.74, 6) is 1.44. The molecule has 19 heavy (non-hydrogen) atoms. The van der Waals surface area contributed by atoms with E-state index >= 15 is 0 Å². The van der Waals surface area contributed by atoms with Crippen LogP contribution in [0.5, 0.6) is 5.75 Å². The third-order valence-electron chi connectivity index (χ3n) is 3.29. The van der Waals surface area contributed by atoms with Crippen molar-refractivity contribution in [3.8, 4) is 5.75 Å². The molecule has 1 aliphatic rings. The van der Waals surface area contributed by atoms with Crippen LogP contribution >= 0.6 is 11.6 Å². The Balaban J connectivity index is 2.00. The number of methoxy groups -OCH3 is 1. The summed E-state index contributed by atoms with van der Waals surface area (Å²) in [5, 5.41) is 0. The van der Waals surface area contributed by atoms with E-state index in [4.69, 9.17) is 21.1 Å². The van der Waals surface area contributed by atoms with Gasteiger partial charge in [0.15, 0.2) is 0 Å². The van der Waals surface area contributed by atoms with E-state index in [9.17, 15) is 0 Å². The number of hydrogen-bond acceptors (Lipinski definition) is 3. The van der Waals surface area contributed by atoms with Crippen LogP contribution in [-0.2, 0) is 11.3 Å². The predicted molar refractivity (Wildman–Crippen MR) is 77.9 cm³/mol. The Labute approximate surface area is 120 Å². The van der Waals surface area contributed by atoms with Crippen LogP contribution < -0.4 is 4.74 Å². The molecule has 0 bridgehead atoms. The van der Waals surface area contributed by atoms with Crippen LogP contribution in [0.1, 0.15) is 19.4 Å². The third kappa shape index (κ3) is 4.10. The summed E-state index contributed by atoms with van der Waals surface area (Å²) in [6, 6.07) is 8.22. The maximum absolute atomic E-state index is 5.95. The highest BCUT2D eigenvalue weighted by atomic mass is 35.5. The fourth-order valence-electron chi connectivity index (χ4n) is 2.61. The number of hydrogen-bond donors (Lipinski definition) is 0.